The van der Waals surface area contributed by atoms with Crippen molar-refractivity contribution in [1.29, 1.82) is 0 Å². The third-order valence-electron chi connectivity index (χ3n) is 2.81. The van der Waals surface area contributed by atoms with Crippen molar-refractivity contribution in [2.75, 3.05) is 19.8 Å². The number of hydrogen-bond donors (Lipinski definition) is 1. The van der Waals surface area contributed by atoms with E-state index in [4.69, 9.17) is 4.74 Å². The Morgan fingerprint density at radius 1 is 1.21 bits per heavy atom. The summed E-state index contributed by atoms with van der Waals surface area (Å²) >= 11 is 0. The molecule has 0 saturated heterocycles. The summed E-state index contributed by atoms with van der Waals surface area (Å²) in [6, 6.07) is 10.8. The predicted octanol–water partition coefficient (Wildman–Crippen LogP) is 3.74. The second kappa shape index (κ2) is 8.13. The van der Waals surface area contributed by atoms with Crippen molar-refractivity contribution in [1.82, 2.24) is 5.32 Å². The van der Waals surface area contributed by atoms with Gasteiger partial charge in [0, 0.05) is 18.0 Å². The standard InChI is InChI=1S/C17H27NO/c1-15(2)18-13-17(3,4)14-19-12-8-11-16-9-6-5-7-10-16/h5-11,15,18H,12-14H2,1-4H3. The maximum atomic E-state index is 5.73. The Balaban J connectivity index is 2.21. The van der Waals surface area contributed by atoms with Gasteiger partial charge in [0.25, 0.3) is 0 Å². The van der Waals surface area contributed by atoms with Gasteiger partial charge in [0.2, 0.25) is 0 Å². The van der Waals surface area contributed by atoms with E-state index in [2.05, 4.69) is 57.3 Å². The molecule has 2 nitrogen and oxygen atoms in total. The second-order valence-corrected chi connectivity index (χ2v) is 6.03. The molecule has 0 spiro atoms. The fraction of sp³-hybridized carbons (Fsp3) is 0.529. The lowest BCUT2D eigenvalue weighted by Gasteiger charge is -2.25. The lowest BCUT2D eigenvalue weighted by molar-refractivity contribution is 0.0793. The van der Waals surface area contributed by atoms with E-state index >= 15 is 0 Å². The van der Waals surface area contributed by atoms with Gasteiger partial charge in [-0.05, 0) is 5.56 Å². The summed E-state index contributed by atoms with van der Waals surface area (Å²) < 4.78 is 5.73. The van der Waals surface area contributed by atoms with Gasteiger partial charge in [0.1, 0.15) is 0 Å². The number of hydrogen-bond acceptors (Lipinski definition) is 2. The van der Waals surface area contributed by atoms with Crippen LogP contribution in [0.1, 0.15) is 33.3 Å². The lowest BCUT2D eigenvalue weighted by atomic mass is 9.94. The lowest BCUT2D eigenvalue weighted by Crippen LogP contribution is -2.36. The summed E-state index contributed by atoms with van der Waals surface area (Å²) in [6.45, 7) is 11.2. The molecule has 0 heterocycles. The van der Waals surface area contributed by atoms with E-state index < -0.39 is 0 Å². The minimum Gasteiger partial charge on any atom is -0.377 e. The summed E-state index contributed by atoms with van der Waals surface area (Å²) in [4.78, 5) is 0. The van der Waals surface area contributed by atoms with E-state index in [9.17, 15) is 0 Å². The van der Waals surface area contributed by atoms with E-state index in [0.717, 1.165) is 13.2 Å². The van der Waals surface area contributed by atoms with Crippen LogP contribution in [0.4, 0.5) is 0 Å². The average Bonchev–Trinajstić information content (AvgIpc) is 2.37. The molecular weight excluding hydrogens is 234 g/mol. The molecule has 106 valence electrons. The molecule has 0 aliphatic rings. The first-order valence-corrected chi connectivity index (χ1v) is 7.02. The molecular formula is C17H27NO. The van der Waals surface area contributed by atoms with E-state index in [1.807, 2.05) is 18.2 Å². The minimum atomic E-state index is 0.171. The first-order chi connectivity index (χ1) is 8.99. The average molecular weight is 261 g/mol. The summed E-state index contributed by atoms with van der Waals surface area (Å²) in [5, 5.41) is 3.45. The Kier molecular flexibility index (Phi) is 6.82. The third-order valence-corrected chi connectivity index (χ3v) is 2.81. The van der Waals surface area contributed by atoms with E-state index in [1.54, 1.807) is 0 Å². The molecule has 0 amide bonds. The van der Waals surface area contributed by atoms with Gasteiger partial charge in [-0.15, -0.1) is 0 Å². The van der Waals surface area contributed by atoms with E-state index in [0.29, 0.717) is 12.6 Å². The van der Waals surface area contributed by atoms with Crippen LogP contribution >= 0.6 is 0 Å². The maximum Gasteiger partial charge on any atom is 0.0650 e. The zero-order valence-electron chi connectivity index (χ0n) is 12.6. The van der Waals surface area contributed by atoms with Gasteiger partial charge in [0.05, 0.1) is 13.2 Å². The first-order valence-electron chi connectivity index (χ1n) is 7.02. The van der Waals surface area contributed by atoms with Crippen molar-refractivity contribution in [3.05, 3.63) is 42.0 Å². The molecule has 0 aromatic heterocycles. The van der Waals surface area contributed by atoms with Crippen LogP contribution in [0.3, 0.4) is 0 Å². The van der Waals surface area contributed by atoms with Crippen LogP contribution in [-0.2, 0) is 4.74 Å². The molecule has 1 aromatic rings. The van der Waals surface area contributed by atoms with Gasteiger partial charge in [-0.25, -0.2) is 0 Å². The summed E-state index contributed by atoms with van der Waals surface area (Å²) in [7, 11) is 0. The van der Waals surface area contributed by atoms with Crippen LogP contribution in [0.15, 0.2) is 36.4 Å². The van der Waals surface area contributed by atoms with Gasteiger partial charge >= 0.3 is 0 Å². The predicted molar refractivity (Wildman–Crippen MR) is 83.2 cm³/mol. The van der Waals surface area contributed by atoms with Gasteiger partial charge in [-0.3, -0.25) is 0 Å². The molecule has 0 unspecified atom stereocenters. The van der Waals surface area contributed by atoms with Gasteiger partial charge in [0.15, 0.2) is 0 Å². The Labute approximate surface area is 117 Å². The largest absolute Gasteiger partial charge is 0.377 e. The smallest absolute Gasteiger partial charge is 0.0650 e. The normalized spacial score (nSPS) is 12.5. The second-order valence-electron chi connectivity index (χ2n) is 6.03. The highest BCUT2D eigenvalue weighted by Crippen LogP contribution is 2.14. The van der Waals surface area contributed by atoms with Crippen molar-refractivity contribution in [3.63, 3.8) is 0 Å². The molecule has 0 aliphatic carbocycles. The topological polar surface area (TPSA) is 21.3 Å². The van der Waals surface area contributed by atoms with Crippen molar-refractivity contribution >= 4 is 6.08 Å². The molecule has 0 saturated carbocycles. The van der Waals surface area contributed by atoms with Crippen LogP contribution in [0.2, 0.25) is 0 Å². The van der Waals surface area contributed by atoms with Gasteiger partial charge in [-0.2, -0.15) is 0 Å². The Bertz CT molecular complexity index is 368. The number of nitrogens with one attached hydrogen (secondary N) is 1. The number of ether oxygens (including phenoxy) is 1. The number of rotatable bonds is 8. The summed E-state index contributed by atoms with van der Waals surface area (Å²) in [5.74, 6) is 0. The minimum absolute atomic E-state index is 0.171. The fourth-order valence-electron chi connectivity index (χ4n) is 1.68. The summed E-state index contributed by atoms with van der Waals surface area (Å²) in [6.07, 6.45) is 4.17. The van der Waals surface area contributed by atoms with Crippen LogP contribution in [0.25, 0.3) is 6.08 Å². The molecule has 2 heteroatoms. The quantitative estimate of drug-likeness (QED) is 0.720. The Hall–Kier alpha value is -1.12. The monoisotopic (exact) mass is 261 g/mol. The van der Waals surface area contributed by atoms with Crippen LogP contribution < -0.4 is 5.32 Å². The highest BCUT2D eigenvalue weighted by molar-refractivity contribution is 5.48. The molecule has 0 fully saturated rings. The fourth-order valence-corrected chi connectivity index (χ4v) is 1.68. The van der Waals surface area contributed by atoms with Gasteiger partial charge < -0.3 is 10.1 Å². The molecule has 1 rings (SSSR count). The molecule has 0 atom stereocenters. The zero-order valence-corrected chi connectivity index (χ0v) is 12.6. The Morgan fingerprint density at radius 3 is 2.53 bits per heavy atom. The van der Waals surface area contributed by atoms with Crippen LogP contribution in [0.5, 0.6) is 0 Å². The van der Waals surface area contributed by atoms with Gasteiger partial charge in [-0.1, -0.05) is 70.2 Å². The van der Waals surface area contributed by atoms with Crippen molar-refractivity contribution in [3.8, 4) is 0 Å². The highest BCUT2D eigenvalue weighted by atomic mass is 16.5. The molecule has 0 radical (unpaired) electrons. The van der Waals surface area contributed by atoms with Crippen molar-refractivity contribution in [2.24, 2.45) is 5.41 Å². The third kappa shape index (κ3) is 7.81. The van der Waals surface area contributed by atoms with Crippen molar-refractivity contribution in [2.45, 2.75) is 33.7 Å². The SMILES string of the molecule is CC(C)NCC(C)(C)COCC=Cc1ccccc1. The maximum absolute atomic E-state index is 5.73. The number of benzene rings is 1. The zero-order chi connectivity index (χ0) is 14.1. The molecule has 1 aromatic carbocycles. The molecule has 0 bridgehead atoms. The highest BCUT2D eigenvalue weighted by Gasteiger charge is 2.17. The Morgan fingerprint density at radius 2 is 1.89 bits per heavy atom. The summed E-state index contributed by atoms with van der Waals surface area (Å²) in [5.41, 5.74) is 1.39. The molecule has 1 N–H and O–H groups in total. The van der Waals surface area contributed by atoms with Crippen molar-refractivity contribution < 1.29 is 4.74 Å². The van der Waals surface area contributed by atoms with E-state index in [1.165, 1.54) is 5.56 Å². The van der Waals surface area contributed by atoms with Crippen LogP contribution in [-0.4, -0.2) is 25.8 Å². The molecule has 0 aliphatic heterocycles. The van der Waals surface area contributed by atoms with E-state index in [-0.39, 0.29) is 5.41 Å². The van der Waals surface area contributed by atoms with Crippen LogP contribution in [0, 0.1) is 5.41 Å². The molecule has 19 heavy (non-hydrogen) atoms. The first kappa shape index (κ1) is 15.9.